The molecule has 2 heterocycles. The number of nitrogens with zero attached hydrogens (tertiary/aromatic N) is 3. The van der Waals surface area contributed by atoms with Gasteiger partial charge in [-0.3, -0.25) is 9.69 Å². The van der Waals surface area contributed by atoms with E-state index in [1.165, 1.54) is 11.1 Å². The SMILES string of the molecule is COc1cccc(C2=NN(C(=O)CN3CCCC3)C(c3ccccc3F)C2)c1. The average Bonchev–Trinajstić information content (AvgIpc) is 3.38. The first-order valence-electron chi connectivity index (χ1n) is 9.66. The number of methoxy groups -OCH3 is 1. The molecule has 2 aromatic rings. The number of benzene rings is 2. The van der Waals surface area contributed by atoms with E-state index in [0.717, 1.165) is 43.0 Å². The standard InChI is InChI=1S/C22H24FN3O2/c1-28-17-8-6-7-16(13-17)20-14-21(18-9-2-3-10-19(18)23)26(24-20)22(27)15-25-11-4-5-12-25/h2-3,6-10,13,21H,4-5,11-12,14-15H2,1H3. The van der Waals surface area contributed by atoms with Gasteiger partial charge in [0.2, 0.25) is 0 Å². The van der Waals surface area contributed by atoms with E-state index in [1.807, 2.05) is 24.3 Å². The van der Waals surface area contributed by atoms with Crippen molar-refractivity contribution < 1.29 is 13.9 Å². The molecule has 0 bridgehead atoms. The molecule has 2 aromatic carbocycles. The number of halogens is 1. The lowest BCUT2D eigenvalue weighted by molar-refractivity contribution is -0.134. The van der Waals surface area contributed by atoms with Crippen molar-refractivity contribution in [2.75, 3.05) is 26.7 Å². The zero-order valence-electron chi connectivity index (χ0n) is 16.0. The van der Waals surface area contributed by atoms with Crippen LogP contribution in [0.25, 0.3) is 0 Å². The van der Waals surface area contributed by atoms with Crippen LogP contribution in [0.5, 0.6) is 5.75 Å². The van der Waals surface area contributed by atoms with E-state index in [2.05, 4.69) is 10.0 Å². The van der Waals surface area contributed by atoms with Crippen molar-refractivity contribution in [3.05, 3.63) is 65.5 Å². The van der Waals surface area contributed by atoms with Gasteiger partial charge in [-0.1, -0.05) is 30.3 Å². The number of ether oxygens (including phenoxy) is 1. The number of rotatable bonds is 5. The van der Waals surface area contributed by atoms with Gasteiger partial charge in [-0.15, -0.1) is 0 Å². The summed E-state index contributed by atoms with van der Waals surface area (Å²) < 4.78 is 19.8. The third-order valence-corrected chi connectivity index (χ3v) is 5.39. The maximum absolute atomic E-state index is 14.5. The van der Waals surface area contributed by atoms with Crippen LogP contribution in [0.1, 0.15) is 36.4 Å². The van der Waals surface area contributed by atoms with E-state index < -0.39 is 6.04 Å². The minimum atomic E-state index is -0.433. The summed E-state index contributed by atoms with van der Waals surface area (Å²) in [6.45, 7) is 2.17. The molecule has 0 aliphatic carbocycles. The normalized spacial score (nSPS) is 19.7. The van der Waals surface area contributed by atoms with Crippen molar-refractivity contribution >= 4 is 11.6 Å². The summed E-state index contributed by atoms with van der Waals surface area (Å²) in [7, 11) is 1.61. The van der Waals surface area contributed by atoms with Gasteiger partial charge in [0.15, 0.2) is 0 Å². The highest BCUT2D eigenvalue weighted by Gasteiger charge is 2.35. The fourth-order valence-electron chi connectivity index (χ4n) is 3.91. The van der Waals surface area contributed by atoms with Gasteiger partial charge in [0, 0.05) is 17.5 Å². The second-order valence-electron chi connectivity index (χ2n) is 7.24. The molecule has 0 radical (unpaired) electrons. The zero-order valence-corrected chi connectivity index (χ0v) is 16.0. The largest absolute Gasteiger partial charge is 0.497 e. The Morgan fingerprint density at radius 3 is 2.71 bits per heavy atom. The smallest absolute Gasteiger partial charge is 0.257 e. The second kappa shape index (κ2) is 8.10. The summed E-state index contributed by atoms with van der Waals surface area (Å²) in [6, 6.07) is 13.8. The molecule has 4 rings (SSSR count). The van der Waals surface area contributed by atoms with Gasteiger partial charge in [-0.2, -0.15) is 5.10 Å². The van der Waals surface area contributed by atoms with Crippen molar-refractivity contribution in [2.24, 2.45) is 5.10 Å². The average molecular weight is 381 g/mol. The van der Waals surface area contributed by atoms with Gasteiger partial charge in [0.25, 0.3) is 5.91 Å². The number of likely N-dealkylation sites (tertiary alicyclic amines) is 1. The minimum Gasteiger partial charge on any atom is -0.497 e. The van der Waals surface area contributed by atoms with E-state index in [1.54, 1.807) is 25.3 Å². The van der Waals surface area contributed by atoms with Crippen LogP contribution in [0.3, 0.4) is 0 Å². The monoisotopic (exact) mass is 381 g/mol. The summed E-state index contributed by atoms with van der Waals surface area (Å²) in [5.41, 5.74) is 2.15. The molecule has 5 nitrogen and oxygen atoms in total. The molecule has 1 unspecified atom stereocenters. The molecular formula is C22H24FN3O2. The lowest BCUT2D eigenvalue weighted by Gasteiger charge is -2.24. The second-order valence-corrected chi connectivity index (χ2v) is 7.24. The molecule has 0 spiro atoms. The number of hydrogen-bond donors (Lipinski definition) is 0. The lowest BCUT2D eigenvalue weighted by Crippen LogP contribution is -2.37. The topological polar surface area (TPSA) is 45.1 Å². The van der Waals surface area contributed by atoms with Gasteiger partial charge < -0.3 is 4.74 Å². The molecule has 6 heteroatoms. The first kappa shape index (κ1) is 18.6. The Balaban J connectivity index is 1.65. The predicted octanol–water partition coefficient (Wildman–Crippen LogP) is 3.61. The van der Waals surface area contributed by atoms with Crippen LogP contribution in [-0.4, -0.2) is 48.3 Å². The molecule has 1 atom stereocenters. The molecule has 28 heavy (non-hydrogen) atoms. The molecule has 0 saturated carbocycles. The number of carbonyl (C=O) groups is 1. The Morgan fingerprint density at radius 2 is 1.96 bits per heavy atom. The summed E-state index contributed by atoms with van der Waals surface area (Å²) in [4.78, 5) is 15.2. The molecule has 1 fully saturated rings. The Kier molecular flexibility index (Phi) is 5.39. The Labute approximate surface area is 164 Å². The van der Waals surface area contributed by atoms with Crippen molar-refractivity contribution in [2.45, 2.75) is 25.3 Å². The molecule has 146 valence electrons. The van der Waals surface area contributed by atoms with Gasteiger partial charge in [-0.25, -0.2) is 9.40 Å². The van der Waals surface area contributed by atoms with Crippen molar-refractivity contribution in [3.63, 3.8) is 0 Å². The maximum atomic E-state index is 14.5. The van der Waals surface area contributed by atoms with E-state index in [9.17, 15) is 9.18 Å². The van der Waals surface area contributed by atoms with E-state index in [-0.39, 0.29) is 11.7 Å². The number of hydrazone groups is 1. The first-order chi connectivity index (χ1) is 13.7. The van der Waals surface area contributed by atoms with Gasteiger partial charge >= 0.3 is 0 Å². The quantitative estimate of drug-likeness (QED) is 0.795. The number of carbonyl (C=O) groups excluding carboxylic acids is 1. The molecular weight excluding hydrogens is 357 g/mol. The van der Waals surface area contributed by atoms with Crippen LogP contribution in [0.4, 0.5) is 4.39 Å². The highest BCUT2D eigenvalue weighted by Crippen LogP contribution is 2.34. The first-order valence-corrected chi connectivity index (χ1v) is 9.66. The van der Waals surface area contributed by atoms with Gasteiger partial charge in [0.05, 0.1) is 25.4 Å². The van der Waals surface area contributed by atoms with Crippen LogP contribution in [0, 0.1) is 5.82 Å². The van der Waals surface area contributed by atoms with Gasteiger partial charge in [0.1, 0.15) is 11.6 Å². The van der Waals surface area contributed by atoms with Crippen molar-refractivity contribution in [3.8, 4) is 5.75 Å². The summed E-state index contributed by atoms with van der Waals surface area (Å²) in [5.74, 6) is 0.325. The molecule has 0 aromatic heterocycles. The highest BCUT2D eigenvalue weighted by atomic mass is 19.1. The van der Waals surface area contributed by atoms with Gasteiger partial charge in [-0.05, 0) is 44.1 Å². The van der Waals surface area contributed by atoms with Crippen molar-refractivity contribution in [1.82, 2.24) is 9.91 Å². The molecule has 2 aliphatic rings. The van der Waals surface area contributed by atoms with Crippen LogP contribution in [0.2, 0.25) is 0 Å². The zero-order chi connectivity index (χ0) is 19.5. The number of hydrogen-bond acceptors (Lipinski definition) is 4. The maximum Gasteiger partial charge on any atom is 0.257 e. The molecule has 1 amide bonds. The Morgan fingerprint density at radius 1 is 1.18 bits per heavy atom. The summed E-state index contributed by atoms with van der Waals surface area (Å²) >= 11 is 0. The minimum absolute atomic E-state index is 0.0898. The van der Waals surface area contributed by atoms with Crippen LogP contribution >= 0.6 is 0 Å². The number of amides is 1. The lowest BCUT2D eigenvalue weighted by atomic mass is 9.98. The van der Waals surface area contributed by atoms with Crippen LogP contribution in [-0.2, 0) is 4.79 Å². The van der Waals surface area contributed by atoms with E-state index >= 15 is 0 Å². The van der Waals surface area contributed by atoms with E-state index in [4.69, 9.17) is 4.74 Å². The summed E-state index contributed by atoms with van der Waals surface area (Å²) in [5, 5.41) is 6.10. The van der Waals surface area contributed by atoms with Crippen LogP contribution in [0.15, 0.2) is 53.6 Å². The third kappa shape index (κ3) is 3.78. The molecule has 2 aliphatic heterocycles. The highest BCUT2D eigenvalue weighted by molar-refractivity contribution is 6.03. The third-order valence-electron chi connectivity index (χ3n) is 5.39. The van der Waals surface area contributed by atoms with Crippen molar-refractivity contribution in [1.29, 1.82) is 0 Å². The fourth-order valence-corrected chi connectivity index (χ4v) is 3.91. The molecule has 1 saturated heterocycles. The predicted molar refractivity (Wildman–Crippen MR) is 106 cm³/mol. The fraction of sp³-hybridized carbons (Fsp3) is 0.364. The van der Waals surface area contributed by atoms with Crippen LogP contribution < -0.4 is 4.74 Å². The Hall–Kier alpha value is -2.73. The Bertz CT molecular complexity index is 893. The van der Waals surface area contributed by atoms with E-state index in [0.29, 0.717) is 18.5 Å². The summed E-state index contributed by atoms with van der Waals surface area (Å²) in [6.07, 6.45) is 2.70. The molecule has 0 N–H and O–H groups in total.